The molecule has 1 saturated heterocycles. The van der Waals surface area contributed by atoms with Crippen molar-refractivity contribution in [2.75, 3.05) is 0 Å². The van der Waals surface area contributed by atoms with E-state index in [0.717, 1.165) is 0 Å². The summed E-state index contributed by atoms with van der Waals surface area (Å²) in [5.41, 5.74) is 0. The Kier molecular flexibility index (Phi) is 4.26. The van der Waals surface area contributed by atoms with Crippen LogP contribution in [0, 0.1) is 0 Å². The van der Waals surface area contributed by atoms with Gasteiger partial charge in [0.25, 0.3) is 0 Å². The zero-order valence-corrected chi connectivity index (χ0v) is 9.50. The minimum atomic E-state index is -1.01. The zero-order chi connectivity index (χ0) is 12.3. The number of ether oxygens (including phenoxy) is 3. The lowest BCUT2D eigenvalue weighted by atomic mass is 10.0. The molecule has 6 nitrogen and oxygen atoms in total. The SMILES string of the molecule is CC(=O)O[C@H]1[C@@H](C)OC(O)C[C@H]1OC(C)=O. The molecule has 1 unspecified atom stereocenters. The maximum atomic E-state index is 10.9. The Morgan fingerprint density at radius 1 is 1.25 bits per heavy atom. The standard InChI is InChI=1S/C10H16O6/c1-5-10(16-7(3)12)8(15-6(2)11)4-9(13)14-5/h5,8-10,13H,4H2,1-3H3/t5-,8-,9?,10+/m1/s1. The van der Waals surface area contributed by atoms with Crippen LogP contribution in [0.2, 0.25) is 0 Å². The molecule has 0 amide bonds. The molecule has 1 N–H and O–H groups in total. The minimum absolute atomic E-state index is 0.0991. The summed E-state index contributed by atoms with van der Waals surface area (Å²) in [5, 5.41) is 9.36. The fourth-order valence-corrected chi connectivity index (χ4v) is 1.71. The highest BCUT2D eigenvalue weighted by Gasteiger charge is 2.40. The van der Waals surface area contributed by atoms with E-state index in [1.54, 1.807) is 6.92 Å². The van der Waals surface area contributed by atoms with Gasteiger partial charge in [-0.05, 0) is 6.92 Å². The fraction of sp³-hybridized carbons (Fsp3) is 0.800. The summed E-state index contributed by atoms with van der Waals surface area (Å²) in [6, 6.07) is 0. The van der Waals surface area contributed by atoms with Gasteiger partial charge < -0.3 is 19.3 Å². The van der Waals surface area contributed by atoms with Crippen molar-refractivity contribution in [2.45, 2.75) is 51.8 Å². The van der Waals surface area contributed by atoms with E-state index in [1.807, 2.05) is 0 Å². The van der Waals surface area contributed by atoms with Gasteiger partial charge in [-0.2, -0.15) is 0 Å². The summed E-state index contributed by atoms with van der Waals surface area (Å²) in [5.74, 6) is -0.961. The lowest BCUT2D eigenvalue weighted by Crippen LogP contribution is -2.50. The van der Waals surface area contributed by atoms with Crippen LogP contribution in [0.3, 0.4) is 0 Å². The van der Waals surface area contributed by atoms with Gasteiger partial charge in [0.1, 0.15) is 6.10 Å². The van der Waals surface area contributed by atoms with E-state index in [1.165, 1.54) is 13.8 Å². The number of carbonyl (C=O) groups excluding carboxylic acids is 2. The molecule has 0 saturated carbocycles. The van der Waals surface area contributed by atoms with Crippen molar-refractivity contribution in [3.8, 4) is 0 Å². The number of hydrogen-bond acceptors (Lipinski definition) is 6. The average molecular weight is 232 g/mol. The first-order valence-electron chi connectivity index (χ1n) is 5.08. The van der Waals surface area contributed by atoms with Crippen molar-refractivity contribution < 1.29 is 28.9 Å². The van der Waals surface area contributed by atoms with Gasteiger partial charge in [0, 0.05) is 20.3 Å². The monoisotopic (exact) mass is 232 g/mol. The van der Waals surface area contributed by atoms with Crippen molar-refractivity contribution >= 4 is 11.9 Å². The number of hydrogen-bond donors (Lipinski definition) is 1. The number of esters is 2. The van der Waals surface area contributed by atoms with Gasteiger partial charge in [0.15, 0.2) is 12.4 Å². The van der Waals surface area contributed by atoms with E-state index in [9.17, 15) is 14.7 Å². The van der Waals surface area contributed by atoms with Crippen LogP contribution in [-0.4, -0.2) is 41.6 Å². The molecule has 0 spiro atoms. The minimum Gasteiger partial charge on any atom is -0.458 e. The molecule has 0 aliphatic carbocycles. The van der Waals surface area contributed by atoms with E-state index >= 15 is 0 Å². The van der Waals surface area contributed by atoms with E-state index in [-0.39, 0.29) is 6.42 Å². The second kappa shape index (κ2) is 5.27. The molecule has 1 fully saturated rings. The Balaban J connectivity index is 2.71. The highest BCUT2D eigenvalue weighted by molar-refractivity contribution is 5.67. The van der Waals surface area contributed by atoms with Gasteiger partial charge in [-0.1, -0.05) is 0 Å². The predicted molar refractivity (Wildman–Crippen MR) is 52.3 cm³/mol. The van der Waals surface area contributed by atoms with Gasteiger partial charge in [0.2, 0.25) is 0 Å². The van der Waals surface area contributed by atoms with Crippen LogP contribution in [-0.2, 0) is 23.8 Å². The summed E-state index contributed by atoms with van der Waals surface area (Å²) in [6.07, 6.45) is -2.77. The number of carbonyl (C=O) groups is 2. The molecule has 1 rings (SSSR count). The molecule has 4 atom stereocenters. The average Bonchev–Trinajstić information content (AvgIpc) is 2.09. The molecule has 0 aromatic carbocycles. The van der Waals surface area contributed by atoms with E-state index < -0.39 is 36.5 Å². The Bertz CT molecular complexity index is 276. The van der Waals surface area contributed by atoms with Crippen LogP contribution in [0.5, 0.6) is 0 Å². The summed E-state index contributed by atoms with van der Waals surface area (Å²) in [4.78, 5) is 21.8. The summed E-state index contributed by atoms with van der Waals surface area (Å²) < 4.78 is 15.1. The first kappa shape index (κ1) is 12.9. The molecule has 1 heterocycles. The molecule has 0 aromatic rings. The van der Waals surface area contributed by atoms with Crippen molar-refractivity contribution in [1.29, 1.82) is 0 Å². The molecule has 16 heavy (non-hydrogen) atoms. The van der Waals surface area contributed by atoms with Crippen molar-refractivity contribution in [2.24, 2.45) is 0 Å². The van der Waals surface area contributed by atoms with Gasteiger partial charge in [-0.25, -0.2) is 0 Å². The number of rotatable bonds is 2. The molecular weight excluding hydrogens is 216 g/mol. The number of aliphatic hydroxyl groups excluding tert-OH is 1. The third-order valence-corrected chi connectivity index (χ3v) is 2.25. The first-order chi connectivity index (χ1) is 7.40. The van der Waals surface area contributed by atoms with Crippen LogP contribution in [0.4, 0.5) is 0 Å². The molecule has 0 bridgehead atoms. The van der Waals surface area contributed by atoms with Crippen molar-refractivity contribution in [3.05, 3.63) is 0 Å². The van der Waals surface area contributed by atoms with E-state index in [0.29, 0.717) is 0 Å². The second-order valence-corrected chi connectivity index (χ2v) is 3.75. The molecule has 6 heteroatoms. The molecule has 0 radical (unpaired) electrons. The molecule has 1 aliphatic rings. The largest absolute Gasteiger partial charge is 0.458 e. The van der Waals surface area contributed by atoms with Crippen LogP contribution >= 0.6 is 0 Å². The third-order valence-electron chi connectivity index (χ3n) is 2.25. The molecule has 1 aliphatic heterocycles. The Hall–Kier alpha value is -1.14. The first-order valence-corrected chi connectivity index (χ1v) is 5.08. The highest BCUT2D eigenvalue weighted by atomic mass is 16.7. The van der Waals surface area contributed by atoms with E-state index in [2.05, 4.69) is 0 Å². The Morgan fingerprint density at radius 2 is 1.81 bits per heavy atom. The van der Waals surface area contributed by atoms with Gasteiger partial charge in [-0.3, -0.25) is 9.59 Å². The van der Waals surface area contributed by atoms with Gasteiger partial charge in [-0.15, -0.1) is 0 Å². The molecule has 0 aromatic heterocycles. The molecule has 92 valence electrons. The van der Waals surface area contributed by atoms with Crippen molar-refractivity contribution in [1.82, 2.24) is 0 Å². The molecular formula is C10H16O6. The summed E-state index contributed by atoms with van der Waals surface area (Å²) in [7, 11) is 0. The number of aliphatic hydroxyl groups is 1. The zero-order valence-electron chi connectivity index (χ0n) is 9.50. The van der Waals surface area contributed by atoms with Crippen LogP contribution in [0.15, 0.2) is 0 Å². The van der Waals surface area contributed by atoms with Crippen LogP contribution < -0.4 is 0 Å². The van der Waals surface area contributed by atoms with Gasteiger partial charge >= 0.3 is 11.9 Å². The van der Waals surface area contributed by atoms with Gasteiger partial charge in [0.05, 0.1) is 6.10 Å². The van der Waals surface area contributed by atoms with Crippen LogP contribution in [0.1, 0.15) is 27.2 Å². The second-order valence-electron chi connectivity index (χ2n) is 3.75. The van der Waals surface area contributed by atoms with E-state index in [4.69, 9.17) is 14.2 Å². The Labute approximate surface area is 93.5 Å². The third kappa shape index (κ3) is 3.46. The summed E-state index contributed by atoms with van der Waals surface area (Å²) in [6.45, 7) is 4.17. The predicted octanol–water partition coefficient (Wildman–Crippen LogP) is -0.0230. The fourth-order valence-electron chi connectivity index (χ4n) is 1.71. The summed E-state index contributed by atoms with van der Waals surface area (Å²) >= 11 is 0. The Morgan fingerprint density at radius 3 is 2.31 bits per heavy atom. The lowest BCUT2D eigenvalue weighted by molar-refractivity contribution is -0.241. The van der Waals surface area contributed by atoms with Crippen molar-refractivity contribution in [3.63, 3.8) is 0 Å². The normalized spacial score (nSPS) is 34.2. The smallest absolute Gasteiger partial charge is 0.303 e. The maximum absolute atomic E-state index is 10.9. The maximum Gasteiger partial charge on any atom is 0.303 e. The quantitative estimate of drug-likeness (QED) is 0.674. The topological polar surface area (TPSA) is 82.1 Å². The lowest BCUT2D eigenvalue weighted by Gasteiger charge is -2.37. The van der Waals surface area contributed by atoms with Crippen LogP contribution in [0.25, 0.3) is 0 Å². The highest BCUT2D eigenvalue weighted by Crippen LogP contribution is 2.24.